The van der Waals surface area contributed by atoms with E-state index in [1.807, 2.05) is 49.6 Å². The van der Waals surface area contributed by atoms with Gasteiger partial charge in [-0.3, -0.25) is 9.78 Å². The summed E-state index contributed by atoms with van der Waals surface area (Å²) in [5.74, 6) is -0.355. The van der Waals surface area contributed by atoms with Gasteiger partial charge in [0.25, 0.3) is 0 Å². The molecule has 12 heteroatoms. The van der Waals surface area contributed by atoms with Crippen LogP contribution in [0.15, 0.2) is 47.4 Å². The van der Waals surface area contributed by atoms with Crippen molar-refractivity contribution >= 4 is 40.7 Å². The number of hydrogen-bond donors (Lipinski definition) is 3. The van der Waals surface area contributed by atoms with Crippen molar-refractivity contribution in [3.63, 3.8) is 0 Å². The van der Waals surface area contributed by atoms with Gasteiger partial charge in [-0.1, -0.05) is 64.4 Å². The van der Waals surface area contributed by atoms with Crippen molar-refractivity contribution in [2.45, 2.75) is 97.5 Å². The van der Waals surface area contributed by atoms with Crippen LogP contribution in [0, 0.1) is 5.92 Å². The second kappa shape index (κ2) is 18.3. The first-order chi connectivity index (χ1) is 21.2. The number of urea groups is 1. The van der Waals surface area contributed by atoms with E-state index in [1.54, 1.807) is 35.0 Å². The Morgan fingerprint density at radius 3 is 2.36 bits per heavy atom. The highest BCUT2D eigenvalue weighted by molar-refractivity contribution is 7.09. The Bertz CT molecular complexity index is 1280. The second-order valence-corrected chi connectivity index (χ2v) is 13.2. The Morgan fingerprint density at radius 2 is 1.73 bits per heavy atom. The molecule has 0 aliphatic rings. The molecule has 4 amide bonds. The van der Waals surface area contributed by atoms with Crippen LogP contribution < -0.4 is 16.0 Å². The highest BCUT2D eigenvalue weighted by Crippen LogP contribution is 2.15. The highest BCUT2D eigenvalue weighted by atomic mass is 32.1. The third-order valence-electron chi connectivity index (χ3n) is 7.20. The van der Waals surface area contributed by atoms with E-state index in [9.17, 15) is 14.4 Å². The maximum atomic E-state index is 13.6. The molecule has 2 aromatic heterocycles. The fraction of sp³-hybridized carbons (Fsp3) is 0.531. The smallest absolute Gasteiger partial charge is 0.407 e. The SMILES string of the molecule is CCCC(CCC(Cc1ccccc1)NC(=O)C(NC(=O)N(C)Cc1csc(CC)n1)C(C)C)NC(=O)OCc1cncs1. The van der Waals surface area contributed by atoms with Crippen LogP contribution >= 0.6 is 22.7 Å². The van der Waals surface area contributed by atoms with Crippen LogP contribution in [0.25, 0.3) is 0 Å². The zero-order chi connectivity index (χ0) is 31.9. The molecule has 2 heterocycles. The summed E-state index contributed by atoms with van der Waals surface area (Å²) in [6.45, 7) is 8.51. The third-order valence-corrected chi connectivity index (χ3v) is 8.99. The zero-order valence-electron chi connectivity index (χ0n) is 26.4. The molecule has 3 aromatic rings. The molecule has 3 atom stereocenters. The molecule has 0 saturated heterocycles. The van der Waals surface area contributed by atoms with E-state index in [-0.39, 0.29) is 36.5 Å². The van der Waals surface area contributed by atoms with Gasteiger partial charge >= 0.3 is 12.1 Å². The maximum Gasteiger partial charge on any atom is 0.407 e. The molecule has 3 unspecified atom stereocenters. The number of nitrogens with one attached hydrogen (secondary N) is 3. The summed E-state index contributed by atoms with van der Waals surface area (Å²) in [7, 11) is 1.71. The van der Waals surface area contributed by atoms with E-state index in [0.29, 0.717) is 25.8 Å². The molecule has 240 valence electrons. The Kier molecular flexibility index (Phi) is 14.6. The number of alkyl carbamates (subject to hydrolysis) is 1. The van der Waals surface area contributed by atoms with Gasteiger partial charge in [0.2, 0.25) is 5.91 Å². The molecule has 3 N–H and O–H groups in total. The Balaban J connectivity index is 1.62. The number of thiazole rings is 2. The molecule has 0 fully saturated rings. The summed E-state index contributed by atoms with van der Waals surface area (Å²) in [6.07, 6.45) is 5.69. The van der Waals surface area contributed by atoms with Crippen LogP contribution in [0.2, 0.25) is 0 Å². The number of nitrogens with zero attached hydrogens (tertiary/aromatic N) is 3. The van der Waals surface area contributed by atoms with E-state index in [4.69, 9.17) is 4.74 Å². The first-order valence-corrected chi connectivity index (χ1v) is 17.0. The zero-order valence-corrected chi connectivity index (χ0v) is 28.0. The van der Waals surface area contributed by atoms with Gasteiger partial charge in [0.1, 0.15) is 12.6 Å². The monoisotopic (exact) mass is 642 g/mol. The van der Waals surface area contributed by atoms with Crippen molar-refractivity contribution in [3.05, 3.63) is 68.6 Å². The quantitative estimate of drug-likeness (QED) is 0.168. The lowest BCUT2D eigenvalue weighted by Gasteiger charge is -2.28. The van der Waals surface area contributed by atoms with Gasteiger partial charge in [0.05, 0.1) is 27.6 Å². The van der Waals surface area contributed by atoms with Crippen molar-refractivity contribution in [1.82, 2.24) is 30.8 Å². The minimum atomic E-state index is -0.712. The Labute approximate surface area is 269 Å². The largest absolute Gasteiger partial charge is 0.444 e. The molecule has 0 aliphatic carbocycles. The van der Waals surface area contributed by atoms with Crippen LogP contribution in [0.4, 0.5) is 9.59 Å². The summed E-state index contributed by atoms with van der Waals surface area (Å²) in [6, 6.07) is 8.67. The highest BCUT2D eigenvalue weighted by Gasteiger charge is 2.28. The molecule has 0 aliphatic heterocycles. The minimum absolute atomic E-state index is 0.0997. The normalized spacial score (nSPS) is 13.1. The number of carbonyl (C=O) groups excluding carboxylic acids is 3. The summed E-state index contributed by atoms with van der Waals surface area (Å²) in [5, 5.41) is 12.1. The fourth-order valence-electron chi connectivity index (χ4n) is 4.79. The molecule has 3 rings (SSSR count). The second-order valence-electron chi connectivity index (χ2n) is 11.3. The predicted octanol–water partition coefficient (Wildman–Crippen LogP) is 5.93. The Morgan fingerprint density at radius 1 is 0.977 bits per heavy atom. The van der Waals surface area contributed by atoms with Crippen LogP contribution in [-0.2, 0) is 35.5 Å². The number of aromatic nitrogens is 2. The van der Waals surface area contributed by atoms with Gasteiger partial charge in [-0.25, -0.2) is 14.6 Å². The summed E-state index contributed by atoms with van der Waals surface area (Å²) >= 11 is 3.02. The lowest BCUT2D eigenvalue weighted by molar-refractivity contribution is -0.124. The topological polar surface area (TPSA) is 126 Å². The molecule has 0 saturated carbocycles. The van der Waals surface area contributed by atoms with E-state index >= 15 is 0 Å². The van der Waals surface area contributed by atoms with E-state index in [0.717, 1.165) is 40.4 Å². The molecule has 1 aromatic carbocycles. The van der Waals surface area contributed by atoms with Gasteiger partial charge in [0.15, 0.2) is 0 Å². The number of hydrogen-bond acceptors (Lipinski definition) is 8. The van der Waals surface area contributed by atoms with E-state index in [2.05, 4.69) is 39.8 Å². The van der Waals surface area contributed by atoms with Crippen LogP contribution in [-0.4, -0.2) is 58.1 Å². The lowest BCUT2D eigenvalue weighted by atomic mass is 9.96. The first kappa shape index (κ1) is 35.0. The van der Waals surface area contributed by atoms with Gasteiger partial charge < -0.3 is 25.6 Å². The molecule has 0 radical (unpaired) electrons. The van der Waals surface area contributed by atoms with Crippen LogP contribution in [0.3, 0.4) is 0 Å². The summed E-state index contributed by atoms with van der Waals surface area (Å²) in [4.78, 5) is 50.2. The van der Waals surface area contributed by atoms with Gasteiger partial charge in [0, 0.05) is 30.7 Å². The standard InChI is InChI=1S/C32H46N6O4S2/c1-6-11-24(36-32(41)42-19-27-17-33-21-44-27)14-15-25(16-23-12-9-8-10-13-23)35-30(39)29(22(3)4)37-31(40)38(5)18-26-20-43-28(7-2)34-26/h8-10,12-13,17,20-22,24-25,29H,6-7,11,14-16,18-19H2,1-5H3,(H,35,39)(H,36,41)(H,37,40). The number of carbonyl (C=O) groups is 3. The third kappa shape index (κ3) is 11.9. The number of rotatable bonds is 17. The number of aryl methyl sites for hydroxylation is 1. The summed E-state index contributed by atoms with van der Waals surface area (Å²) < 4.78 is 5.39. The van der Waals surface area contributed by atoms with Gasteiger partial charge in [-0.2, -0.15) is 0 Å². The van der Waals surface area contributed by atoms with Crippen molar-refractivity contribution in [2.24, 2.45) is 5.92 Å². The molecule has 44 heavy (non-hydrogen) atoms. The van der Waals surface area contributed by atoms with Crippen molar-refractivity contribution in [2.75, 3.05) is 7.05 Å². The van der Waals surface area contributed by atoms with Crippen LogP contribution in [0.5, 0.6) is 0 Å². The van der Waals surface area contributed by atoms with Crippen molar-refractivity contribution in [3.8, 4) is 0 Å². The average Bonchev–Trinajstić information content (AvgIpc) is 3.70. The average molecular weight is 643 g/mol. The number of amides is 4. The maximum absolute atomic E-state index is 13.6. The molecule has 0 bridgehead atoms. The van der Waals surface area contributed by atoms with Crippen molar-refractivity contribution in [1.29, 1.82) is 0 Å². The number of benzene rings is 1. The minimum Gasteiger partial charge on any atom is -0.444 e. The predicted molar refractivity (Wildman–Crippen MR) is 176 cm³/mol. The van der Waals surface area contributed by atoms with Crippen LogP contribution in [0.1, 0.15) is 74.5 Å². The molecule has 10 nitrogen and oxygen atoms in total. The molecular formula is C32H46N6O4S2. The first-order valence-electron chi connectivity index (χ1n) is 15.3. The lowest BCUT2D eigenvalue weighted by Crippen LogP contribution is -2.54. The Hall–Kier alpha value is -3.51. The summed E-state index contributed by atoms with van der Waals surface area (Å²) in [5.41, 5.74) is 3.64. The molecular weight excluding hydrogens is 597 g/mol. The van der Waals surface area contributed by atoms with E-state index < -0.39 is 12.1 Å². The molecule has 0 spiro atoms. The van der Waals surface area contributed by atoms with Crippen molar-refractivity contribution < 1.29 is 19.1 Å². The van der Waals surface area contributed by atoms with Gasteiger partial charge in [-0.15, -0.1) is 22.7 Å². The van der Waals surface area contributed by atoms with Gasteiger partial charge in [-0.05, 0) is 43.6 Å². The van der Waals surface area contributed by atoms with E-state index in [1.165, 1.54) is 11.3 Å². The number of ether oxygens (including phenoxy) is 1. The fourth-order valence-corrected chi connectivity index (χ4v) is 6.03.